The first-order valence-corrected chi connectivity index (χ1v) is 3.16. The van der Waals surface area contributed by atoms with Gasteiger partial charge in [-0.2, -0.15) is 12.6 Å². The second-order valence-electron chi connectivity index (χ2n) is 1.58. The zero-order chi connectivity index (χ0) is 7.56. The molecule has 0 unspecified atom stereocenters. The van der Waals surface area contributed by atoms with Gasteiger partial charge in [-0.05, 0) is 0 Å². The van der Waals surface area contributed by atoms with Crippen molar-refractivity contribution in [2.45, 2.75) is 5.75 Å². The number of thiol groups is 1. The topological polar surface area (TPSA) is 63.3 Å². The van der Waals surface area contributed by atoms with Crippen LogP contribution in [0.4, 0.5) is 0 Å². The number of carboxylic acids is 1. The van der Waals surface area contributed by atoms with Gasteiger partial charge in [-0.3, -0.25) is 0 Å². The summed E-state index contributed by atoms with van der Waals surface area (Å²) in [7, 11) is 0. The fourth-order valence-corrected chi connectivity index (χ4v) is 0.628. The molecule has 0 saturated carbocycles. The Morgan fingerprint density at radius 1 is 1.90 bits per heavy atom. The molecule has 10 heavy (non-hydrogen) atoms. The maximum Gasteiger partial charge on any atom is 0.373 e. The molecule has 0 radical (unpaired) electrons. The van der Waals surface area contributed by atoms with E-state index in [1.807, 2.05) is 0 Å². The molecule has 0 saturated heterocycles. The molecule has 4 nitrogen and oxygen atoms in total. The third kappa shape index (κ3) is 1.30. The minimum atomic E-state index is -1.11. The smallest absolute Gasteiger partial charge is 0.373 e. The van der Waals surface area contributed by atoms with Crippen molar-refractivity contribution in [3.8, 4) is 0 Å². The van der Waals surface area contributed by atoms with Crippen LogP contribution in [0.15, 0.2) is 10.6 Å². The average Bonchev–Trinajstić information content (AvgIpc) is 2.34. The number of carbonyl (C=O) groups is 1. The Balaban J connectivity index is 2.88. The predicted molar refractivity (Wildman–Crippen MR) is 36.2 cm³/mol. The van der Waals surface area contributed by atoms with Crippen LogP contribution in [0.3, 0.4) is 0 Å². The standard InChI is InChI=1S/C5H5NO3S/c7-5(8)3-1-6-4(2-10)9-3/h1,10H,2H2,(H,7,8). The molecule has 0 atom stereocenters. The number of oxazole rings is 1. The van der Waals surface area contributed by atoms with Crippen LogP contribution >= 0.6 is 12.6 Å². The third-order valence-electron chi connectivity index (χ3n) is 0.900. The molecule has 0 aliphatic heterocycles. The summed E-state index contributed by atoms with van der Waals surface area (Å²) in [6.07, 6.45) is 1.16. The zero-order valence-corrected chi connectivity index (χ0v) is 5.84. The molecule has 1 aromatic heterocycles. The Hall–Kier alpha value is -0.970. The van der Waals surface area contributed by atoms with Crippen LogP contribution in [-0.4, -0.2) is 16.1 Å². The number of hydrogen-bond acceptors (Lipinski definition) is 4. The van der Waals surface area contributed by atoms with Crippen molar-refractivity contribution in [2.75, 3.05) is 0 Å². The molecule has 1 aromatic rings. The van der Waals surface area contributed by atoms with E-state index in [9.17, 15) is 4.79 Å². The quantitative estimate of drug-likeness (QED) is 0.626. The van der Waals surface area contributed by atoms with Crippen LogP contribution in [0.5, 0.6) is 0 Å². The molecule has 0 spiro atoms. The van der Waals surface area contributed by atoms with E-state index in [-0.39, 0.29) is 5.76 Å². The lowest BCUT2D eigenvalue weighted by Crippen LogP contribution is -1.91. The largest absolute Gasteiger partial charge is 0.475 e. The minimum absolute atomic E-state index is 0.149. The second-order valence-corrected chi connectivity index (χ2v) is 1.90. The Bertz CT molecular complexity index is 245. The number of nitrogens with zero attached hydrogens (tertiary/aromatic N) is 1. The SMILES string of the molecule is O=C(O)c1cnc(CS)o1. The molecule has 54 valence electrons. The molecule has 1 heterocycles. The van der Waals surface area contributed by atoms with Gasteiger partial charge in [0.05, 0.1) is 11.9 Å². The Labute approximate surface area is 62.3 Å². The summed E-state index contributed by atoms with van der Waals surface area (Å²) in [5.74, 6) is -0.627. The van der Waals surface area contributed by atoms with E-state index < -0.39 is 5.97 Å². The molecule has 0 aliphatic rings. The molecular weight excluding hydrogens is 154 g/mol. The van der Waals surface area contributed by atoms with Crippen molar-refractivity contribution < 1.29 is 14.3 Å². The lowest BCUT2D eigenvalue weighted by atomic mass is 10.5. The normalized spacial score (nSPS) is 9.70. The molecular formula is C5H5NO3S. The number of aromatic carboxylic acids is 1. The predicted octanol–water partition coefficient (Wildman–Crippen LogP) is 0.803. The fourth-order valence-electron chi connectivity index (χ4n) is 0.482. The van der Waals surface area contributed by atoms with Gasteiger partial charge in [-0.15, -0.1) is 0 Å². The first-order chi connectivity index (χ1) is 4.74. The van der Waals surface area contributed by atoms with E-state index in [4.69, 9.17) is 9.52 Å². The van der Waals surface area contributed by atoms with Crippen LogP contribution in [0, 0.1) is 0 Å². The van der Waals surface area contributed by atoms with Gasteiger partial charge in [0.25, 0.3) is 0 Å². The molecule has 1 rings (SSSR count). The van der Waals surface area contributed by atoms with Crippen LogP contribution < -0.4 is 0 Å². The first kappa shape index (κ1) is 7.14. The highest BCUT2D eigenvalue weighted by atomic mass is 32.1. The second kappa shape index (κ2) is 2.74. The van der Waals surface area contributed by atoms with E-state index in [1.165, 1.54) is 0 Å². The highest BCUT2D eigenvalue weighted by Gasteiger charge is 2.08. The van der Waals surface area contributed by atoms with Gasteiger partial charge in [-0.25, -0.2) is 9.78 Å². The summed E-state index contributed by atoms with van der Waals surface area (Å²) in [6, 6.07) is 0. The number of aromatic nitrogens is 1. The van der Waals surface area contributed by atoms with Crippen molar-refractivity contribution in [1.82, 2.24) is 4.98 Å². The van der Waals surface area contributed by atoms with Gasteiger partial charge in [0, 0.05) is 0 Å². The number of carboxylic acid groups (broad SMARTS) is 1. The van der Waals surface area contributed by atoms with Crippen LogP contribution in [-0.2, 0) is 5.75 Å². The average molecular weight is 159 g/mol. The Kier molecular flexibility index (Phi) is 1.96. The monoisotopic (exact) mass is 159 g/mol. The maximum absolute atomic E-state index is 10.2. The Morgan fingerprint density at radius 2 is 2.60 bits per heavy atom. The summed E-state index contributed by atoms with van der Waals surface area (Å²) in [4.78, 5) is 13.8. The van der Waals surface area contributed by atoms with E-state index in [1.54, 1.807) is 0 Å². The van der Waals surface area contributed by atoms with Gasteiger partial charge in [-0.1, -0.05) is 0 Å². The zero-order valence-electron chi connectivity index (χ0n) is 4.94. The van der Waals surface area contributed by atoms with Crippen LogP contribution in [0.2, 0.25) is 0 Å². The number of hydrogen-bond donors (Lipinski definition) is 2. The van der Waals surface area contributed by atoms with Crippen molar-refractivity contribution >= 4 is 18.6 Å². The first-order valence-electron chi connectivity index (χ1n) is 2.53. The molecule has 0 bridgehead atoms. The lowest BCUT2D eigenvalue weighted by Gasteiger charge is -1.82. The Morgan fingerprint density at radius 3 is 2.90 bits per heavy atom. The minimum Gasteiger partial charge on any atom is -0.475 e. The summed E-state index contributed by atoms with van der Waals surface area (Å²) in [6.45, 7) is 0. The highest BCUT2D eigenvalue weighted by molar-refractivity contribution is 7.79. The fraction of sp³-hybridized carbons (Fsp3) is 0.200. The summed E-state index contributed by atoms with van der Waals surface area (Å²) < 4.78 is 4.71. The van der Waals surface area contributed by atoms with E-state index in [0.717, 1.165) is 6.20 Å². The molecule has 0 amide bonds. The van der Waals surface area contributed by atoms with Crippen molar-refractivity contribution in [2.24, 2.45) is 0 Å². The molecule has 0 aromatic carbocycles. The van der Waals surface area contributed by atoms with Gasteiger partial charge in [0.2, 0.25) is 11.7 Å². The van der Waals surface area contributed by atoms with E-state index in [0.29, 0.717) is 11.6 Å². The molecule has 0 aliphatic carbocycles. The van der Waals surface area contributed by atoms with Crippen LogP contribution in [0.1, 0.15) is 16.4 Å². The van der Waals surface area contributed by atoms with Gasteiger partial charge < -0.3 is 9.52 Å². The summed E-state index contributed by atoms with van der Waals surface area (Å²) >= 11 is 3.84. The summed E-state index contributed by atoms with van der Waals surface area (Å²) in [5.41, 5.74) is 0. The van der Waals surface area contributed by atoms with Crippen molar-refractivity contribution in [3.63, 3.8) is 0 Å². The highest BCUT2D eigenvalue weighted by Crippen LogP contribution is 2.04. The van der Waals surface area contributed by atoms with Crippen molar-refractivity contribution in [1.29, 1.82) is 0 Å². The van der Waals surface area contributed by atoms with E-state index >= 15 is 0 Å². The van der Waals surface area contributed by atoms with Crippen molar-refractivity contribution in [3.05, 3.63) is 17.8 Å². The molecule has 1 N–H and O–H groups in total. The molecule has 5 heteroatoms. The lowest BCUT2D eigenvalue weighted by molar-refractivity contribution is 0.0661. The van der Waals surface area contributed by atoms with Gasteiger partial charge in [0.15, 0.2) is 0 Å². The third-order valence-corrected chi connectivity index (χ3v) is 1.17. The molecule has 0 fully saturated rings. The van der Waals surface area contributed by atoms with E-state index in [2.05, 4.69) is 17.6 Å². The maximum atomic E-state index is 10.2. The van der Waals surface area contributed by atoms with Gasteiger partial charge in [0.1, 0.15) is 0 Å². The summed E-state index contributed by atoms with van der Waals surface area (Å²) in [5, 5.41) is 8.33. The van der Waals surface area contributed by atoms with Crippen LogP contribution in [0.25, 0.3) is 0 Å². The number of rotatable bonds is 2. The van der Waals surface area contributed by atoms with Gasteiger partial charge >= 0.3 is 5.97 Å².